The molecule has 138 valence electrons. The fourth-order valence-corrected chi connectivity index (χ4v) is 3.54. The van der Waals surface area contributed by atoms with Crippen LogP contribution in [-0.4, -0.2) is 35.8 Å². The quantitative estimate of drug-likeness (QED) is 0.896. The van der Waals surface area contributed by atoms with Gasteiger partial charge in [-0.15, -0.1) is 0 Å². The number of likely N-dealkylation sites (tertiary alicyclic amines) is 1. The summed E-state index contributed by atoms with van der Waals surface area (Å²) in [5, 5.41) is 3.00. The average Bonchev–Trinajstić information content (AvgIpc) is 3.00. The number of nitrogens with one attached hydrogen (secondary N) is 1. The summed E-state index contributed by atoms with van der Waals surface area (Å²) in [7, 11) is 0. The minimum atomic E-state index is -0.401. The van der Waals surface area contributed by atoms with Gasteiger partial charge in [0.1, 0.15) is 17.6 Å². The van der Waals surface area contributed by atoms with Crippen molar-refractivity contribution in [3.8, 4) is 0 Å². The number of carbonyl (C=O) groups is 2. The SMILES string of the molecule is Cc1cc(C(=O)N2CCCC[C@H]2C(=O)NCCc2ccccc2)c(C)o1. The van der Waals surface area contributed by atoms with Crippen molar-refractivity contribution >= 4 is 11.8 Å². The van der Waals surface area contributed by atoms with Gasteiger partial charge in [0.05, 0.1) is 5.56 Å². The molecule has 0 spiro atoms. The second-order valence-corrected chi connectivity index (χ2v) is 6.86. The first-order valence-corrected chi connectivity index (χ1v) is 9.26. The molecule has 2 aromatic rings. The highest BCUT2D eigenvalue weighted by Crippen LogP contribution is 2.23. The molecule has 1 aromatic heterocycles. The molecule has 5 nitrogen and oxygen atoms in total. The molecule has 1 aromatic carbocycles. The Morgan fingerprint density at radius 3 is 2.65 bits per heavy atom. The van der Waals surface area contributed by atoms with E-state index in [0.717, 1.165) is 19.3 Å². The molecule has 1 N–H and O–H groups in total. The summed E-state index contributed by atoms with van der Waals surface area (Å²) in [6, 6.07) is 11.4. The minimum Gasteiger partial charge on any atom is -0.466 e. The number of furan rings is 1. The molecule has 2 heterocycles. The Bertz CT molecular complexity index is 767. The number of benzene rings is 1. The number of amides is 2. The van der Waals surface area contributed by atoms with Crippen molar-refractivity contribution < 1.29 is 14.0 Å². The fourth-order valence-electron chi connectivity index (χ4n) is 3.54. The van der Waals surface area contributed by atoms with Crippen molar-refractivity contribution in [3.63, 3.8) is 0 Å². The summed E-state index contributed by atoms with van der Waals surface area (Å²) in [5.74, 6) is 1.15. The van der Waals surface area contributed by atoms with Crippen LogP contribution in [0.25, 0.3) is 0 Å². The number of aryl methyl sites for hydroxylation is 2. The van der Waals surface area contributed by atoms with E-state index in [1.54, 1.807) is 17.9 Å². The molecule has 0 radical (unpaired) electrons. The highest BCUT2D eigenvalue weighted by Gasteiger charge is 2.33. The predicted octanol–water partition coefficient (Wildman–Crippen LogP) is 3.25. The summed E-state index contributed by atoms with van der Waals surface area (Å²) in [5.41, 5.74) is 1.75. The Labute approximate surface area is 154 Å². The summed E-state index contributed by atoms with van der Waals surface area (Å²) in [6.07, 6.45) is 3.38. The first kappa shape index (κ1) is 18.2. The van der Waals surface area contributed by atoms with Gasteiger partial charge in [0.2, 0.25) is 5.91 Å². The van der Waals surface area contributed by atoms with Crippen molar-refractivity contribution in [3.05, 3.63) is 59.0 Å². The number of hydrogen-bond acceptors (Lipinski definition) is 3. The van der Waals surface area contributed by atoms with E-state index in [9.17, 15) is 9.59 Å². The largest absolute Gasteiger partial charge is 0.466 e. The highest BCUT2D eigenvalue weighted by atomic mass is 16.3. The van der Waals surface area contributed by atoms with Crippen LogP contribution in [0.1, 0.15) is 46.7 Å². The highest BCUT2D eigenvalue weighted by molar-refractivity contribution is 5.98. The minimum absolute atomic E-state index is 0.0631. The zero-order valence-corrected chi connectivity index (χ0v) is 15.5. The summed E-state index contributed by atoms with van der Waals surface area (Å²) < 4.78 is 5.49. The Morgan fingerprint density at radius 2 is 1.96 bits per heavy atom. The lowest BCUT2D eigenvalue weighted by Gasteiger charge is -2.34. The Kier molecular flexibility index (Phi) is 5.76. The Balaban J connectivity index is 1.63. The van der Waals surface area contributed by atoms with Crippen molar-refractivity contribution in [2.75, 3.05) is 13.1 Å². The fraction of sp³-hybridized carbons (Fsp3) is 0.429. The molecular formula is C21H26N2O3. The topological polar surface area (TPSA) is 62.6 Å². The molecule has 1 atom stereocenters. The van der Waals surface area contributed by atoms with Gasteiger partial charge in [-0.2, -0.15) is 0 Å². The van der Waals surface area contributed by atoms with Crippen molar-refractivity contribution in [2.24, 2.45) is 0 Å². The van der Waals surface area contributed by atoms with Crippen molar-refractivity contribution in [1.29, 1.82) is 0 Å². The standard InChI is InChI=1S/C21H26N2O3/c1-15-14-18(16(2)26-15)21(25)23-13-7-6-10-19(23)20(24)22-12-11-17-8-4-3-5-9-17/h3-5,8-9,14,19H,6-7,10-13H2,1-2H3,(H,22,24)/t19-/m0/s1. The van der Waals surface area contributed by atoms with E-state index in [1.807, 2.05) is 37.3 Å². The number of hydrogen-bond donors (Lipinski definition) is 1. The van der Waals surface area contributed by atoms with E-state index in [1.165, 1.54) is 5.56 Å². The molecule has 0 unspecified atom stereocenters. The van der Waals surface area contributed by atoms with Crippen LogP contribution in [0.4, 0.5) is 0 Å². The van der Waals surface area contributed by atoms with Crippen molar-refractivity contribution in [1.82, 2.24) is 10.2 Å². The average molecular weight is 354 g/mol. The lowest BCUT2D eigenvalue weighted by molar-refractivity contribution is -0.126. The van der Waals surface area contributed by atoms with E-state index in [0.29, 0.717) is 36.6 Å². The van der Waals surface area contributed by atoms with Gasteiger partial charge >= 0.3 is 0 Å². The maximum atomic E-state index is 12.9. The van der Waals surface area contributed by atoms with E-state index in [2.05, 4.69) is 5.32 Å². The lowest BCUT2D eigenvalue weighted by Crippen LogP contribution is -2.52. The summed E-state index contributed by atoms with van der Waals surface area (Å²) in [4.78, 5) is 27.3. The van der Waals surface area contributed by atoms with Gasteiger partial charge in [0.25, 0.3) is 5.91 Å². The van der Waals surface area contributed by atoms with Gasteiger partial charge in [-0.1, -0.05) is 30.3 Å². The molecule has 1 aliphatic rings. The third kappa shape index (κ3) is 4.15. The van der Waals surface area contributed by atoms with E-state index < -0.39 is 6.04 Å². The second-order valence-electron chi connectivity index (χ2n) is 6.86. The smallest absolute Gasteiger partial charge is 0.258 e. The Hall–Kier alpha value is -2.56. The first-order valence-electron chi connectivity index (χ1n) is 9.26. The normalized spacial score (nSPS) is 17.2. The second kappa shape index (κ2) is 8.21. The molecule has 3 rings (SSSR count). The van der Waals surface area contributed by atoms with Crippen LogP contribution in [0.3, 0.4) is 0 Å². The molecular weight excluding hydrogens is 328 g/mol. The maximum Gasteiger partial charge on any atom is 0.258 e. The van der Waals surface area contributed by atoms with Crippen LogP contribution >= 0.6 is 0 Å². The third-order valence-corrected chi connectivity index (χ3v) is 4.89. The molecule has 1 saturated heterocycles. The van der Waals surface area contributed by atoms with Gasteiger partial charge in [-0.25, -0.2) is 0 Å². The van der Waals surface area contributed by atoms with Gasteiger partial charge in [-0.3, -0.25) is 9.59 Å². The monoisotopic (exact) mass is 354 g/mol. The third-order valence-electron chi connectivity index (χ3n) is 4.89. The van der Waals surface area contributed by atoms with E-state index >= 15 is 0 Å². The summed E-state index contributed by atoms with van der Waals surface area (Å²) >= 11 is 0. The number of carbonyl (C=O) groups excluding carboxylic acids is 2. The van der Waals surface area contributed by atoms with E-state index in [4.69, 9.17) is 4.42 Å². The zero-order chi connectivity index (χ0) is 18.5. The Morgan fingerprint density at radius 1 is 1.19 bits per heavy atom. The molecule has 1 fully saturated rings. The van der Waals surface area contributed by atoms with E-state index in [-0.39, 0.29) is 11.8 Å². The number of nitrogens with zero attached hydrogens (tertiary/aromatic N) is 1. The molecule has 0 bridgehead atoms. The maximum absolute atomic E-state index is 12.9. The number of rotatable bonds is 5. The molecule has 1 aliphatic heterocycles. The van der Waals surface area contributed by atoms with Crippen LogP contribution in [0, 0.1) is 13.8 Å². The van der Waals surface area contributed by atoms with Crippen molar-refractivity contribution in [2.45, 2.75) is 45.6 Å². The number of piperidine rings is 1. The van der Waals surface area contributed by atoms with Crippen LogP contribution in [-0.2, 0) is 11.2 Å². The summed E-state index contributed by atoms with van der Waals surface area (Å²) in [6.45, 7) is 4.80. The molecule has 0 aliphatic carbocycles. The van der Waals surface area contributed by atoms with Gasteiger partial charge in [0, 0.05) is 13.1 Å². The first-order chi connectivity index (χ1) is 12.6. The van der Waals surface area contributed by atoms with Gasteiger partial charge in [0.15, 0.2) is 0 Å². The zero-order valence-electron chi connectivity index (χ0n) is 15.5. The van der Waals surface area contributed by atoms with Gasteiger partial charge in [-0.05, 0) is 51.2 Å². The van der Waals surface area contributed by atoms with Crippen LogP contribution in [0.15, 0.2) is 40.8 Å². The molecule has 5 heteroatoms. The van der Waals surface area contributed by atoms with Crippen LogP contribution in [0.2, 0.25) is 0 Å². The lowest BCUT2D eigenvalue weighted by atomic mass is 10.00. The van der Waals surface area contributed by atoms with Gasteiger partial charge < -0.3 is 14.6 Å². The molecule has 0 saturated carbocycles. The van der Waals surface area contributed by atoms with Crippen LogP contribution < -0.4 is 5.32 Å². The predicted molar refractivity (Wildman–Crippen MR) is 100 cm³/mol. The molecule has 2 amide bonds. The molecule has 26 heavy (non-hydrogen) atoms. The van der Waals surface area contributed by atoms with Crippen LogP contribution in [0.5, 0.6) is 0 Å².